The van der Waals surface area contributed by atoms with Crippen LogP contribution in [0.4, 0.5) is 0 Å². The summed E-state index contributed by atoms with van der Waals surface area (Å²) in [5, 5.41) is 12.4. The van der Waals surface area contributed by atoms with Gasteiger partial charge in [0.25, 0.3) is 11.8 Å². The SMILES string of the molecule is CC(C)[C@@H]1CC[C@H](C)C[C@H]1OC[C@H](O)C[NH+]1CC[NH+](CCN2C(=O)c3cccc4cccc(c34)C2=O)CC1. The van der Waals surface area contributed by atoms with Crippen LogP contribution in [0.2, 0.25) is 0 Å². The second-order valence-electron chi connectivity index (χ2n) is 12.3. The lowest BCUT2D eigenvalue weighted by Crippen LogP contribution is -3.28. The van der Waals surface area contributed by atoms with E-state index in [1.165, 1.54) is 27.5 Å². The van der Waals surface area contributed by atoms with E-state index in [4.69, 9.17) is 4.74 Å². The first-order valence-electron chi connectivity index (χ1n) is 14.7. The molecule has 2 heterocycles. The number of aliphatic hydroxyl groups excluding tert-OH is 1. The van der Waals surface area contributed by atoms with E-state index >= 15 is 0 Å². The van der Waals surface area contributed by atoms with E-state index in [-0.39, 0.29) is 17.9 Å². The summed E-state index contributed by atoms with van der Waals surface area (Å²) in [5.41, 5.74) is 1.25. The van der Waals surface area contributed by atoms with Crippen molar-refractivity contribution in [2.24, 2.45) is 17.8 Å². The summed E-state index contributed by atoms with van der Waals surface area (Å²) in [4.78, 5) is 30.6. The third-order valence-electron chi connectivity index (χ3n) is 9.20. The van der Waals surface area contributed by atoms with Crippen LogP contribution in [0.5, 0.6) is 0 Å². The summed E-state index contributed by atoms with van der Waals surface area (Å²) >= 11 is 0. The summed E-state index contributed by atoms with van der Waals surface area (Å²) < 4.78 is 6.29. The number of quaternary nitrogens is 2. The zero-order valence-corrected chi connectivity index (χ0v) is 23.2. The zero-order chi connectivity index (χ0) is 26.8. The van der Waals surface area contributed by atoms with Crippen molar-refractivity contribution in [1.82, 2.24) is 4.90 Å². The highest BCUT2D eigenvalue weighted by Gasteiger charge is 2.35. The molecule has 5 rings (SSSR count). The Morgan fingerprint density at radius 1 is 0.974 bits per heavy atom. The van der Waals surface area contributed by atoms with Crippen LogP contribution in [0.25, 0.3) is 10.8 Å². The lowest BCUT2D eigenvalue weighted by Gasteiger charge is -2.37. The van der Waals surface area contributed by atoms with Gasteiger partial charge in [-0.25, -0.2) is 0 Å². The minimum absolute atomic E-state index is 0.182. The van der Waals surface area contributed by atoms with Gasteiger partial charge in [0, 0.05) is 16.5 Å². The summed E-state index contributed by atoms with van der Waals surface area (Å²) in [6.07, 6.45) is 3.44. The van der Waals surface area contributed by atoms with Crippen molar-refractivity contribution in [2.45, 2.75) is 52.2 Å². The number of carbonyl (C=O) groups is 2. The first-order chi connectivity index (χ1) is 18.3. The topological polar surface area (TPSA) is 75.7 Å². The number of nitrogens with zero attached hydrogens (tertiary/aromatic N) is 1. The molecule has 38 heavy (non-hydrogen) atoms. The standard InChI is InChI=1S/C31H43N3O4/c1-21(2)25-11-10-22(3)18-28(25)38-20-24(35)19-33-14-12-32(13-15-33)16-17-34-30(36)26-8-4-6-23-7-5-9-27(29(23)26)31(34)37/h4-9,21-22,24-25,28,35H,10-20H2,1-3H3/p+2/t22-,24+,25-,28+/m0/s1. The van der Waals surface area contributed by atoms with Gasteiger partial charge in [-0.3, -0.25) is 14.5 Å². The quantitative estimate of drug-likeness (QED) is 0.430. The van der Waals surface area contributed by atoms with Gasteiger partial charge in [-0.1, -0.05) is 51.5 Å². The van der Waals surface area contributed by atoms with Gasteiger partial charge >= 0.3 is 0 Å². The van der Waals surface area contributed by atoms with Crippen LogP contribution in [0, 0.1) is 17.8 Å². The maximum atomic E-state index is 13.2. The number of rotatable bonds is 9. The molecule has 2 aromatic carbocycles. The van der Waals surface area contributed by atoms with Crippen LogP contribution in [0.1, 0.15) is 60.7 Å². The minimum atomic E-state index is -0.442. The Bertz CT molecular complexity index is 1090. The Morgan fingerprint density at radius 2 is 1.61 bits per heavy atom. The number of ether oxygens (including phenoxy) is 1. The molecule has 1 saturated heterocycles. The molecule has 2 fully saturated rings. The number of imide groups is 1. The first-order valence-corrected chi connectivity index (χ1v) is 14.7. The van der Waals surface area contributed by atoms with E-state index in [0.29, 0.717) is 48.6 Å². The number of hydrogen-bond donors (Lipinski definition) is 3. The number of nitrogens with one attached hydrogen (secondary N) is 2. The Morgan fingerprint density at radius 3 is 2.24 bits per heavy atom. The van der Waals surface area contributed by atoms with Crippen molar-refractivity contribution < 1.29 is 29.2 Å². The van der Waals surface area contributed by atoms with Crippen molar-refractivity contribution in [3.8, 4) is 0 Å². The first kappa shape index (κ1) is 27.3. The number of piperazine rings is 1. The highest BCUT2D eigenvalue weighted by atomic mass is 16.5. The summed E-state index contributed by atoms with van der Waals surface area (Å²) in [7, 11) is 0. The van der Waals surface area contributed by atoms with Gasteiger partial charge in [0.05, 0.1) is 25.8 Å². The van der Waals surface area contributed by atoms with E-state index in [2.05, 4.69) is 20.8 Å². The molecule has 2 amide bonds. The average Bonchev–Trinajstić information content (AvgIpc) is 2.91. The van der Waals surface area contributed by atoms with E-state index in [9.17, 15) is 14.7 Å². The molecule has 7 nitrogen and oxygen atoms in total. The largest absolute Gasteiger partial charge is 0.385 e. The molecule has 0 unspecified atom stereocenters. The predicted molar refractivity (Wildman–Crippen MR) is 148 cm³/mol. The van der Waals surface area contributed by atoms with Gasteiger partial charge in [-0.15, -0.1) is 0 Å². The van der Waals surface area contributed by atoms with Crippen molar-refractivity contribution in [3.63, 3.8) is 0 Å². The second kappa shape index (κ2) is 11.8. The van der Waals surface area contributed by atoms with Crippen molar-refractivity contribution in [2.75, 3.05) is 52.4 Å². The van der Waals surface area contributed by atoms with E-state index in [0.717, 1.165) is 49.9 Å². The van der Waals surface area contributed by atoms with Crippen molar-refractivity contribution in [1.29, 1.82) is 0 Å². The van der Waals surface area contributed by atoms with Crippen LogP contribution in [0.3, 0.4) is 0 Å². The molecule has 0 radical (unpaired) electrons. The van der Waals surface area contributed by atoms with Gasteiger partial charge in [0.15, 0.2) is 0 Å². The molecule has 3 N–H and O–H groups in total. The van der Waals surface area contributed by atoms with E-state index in [1.54, 1.807) is 0 Å². The lowest BCUT2D eigenvalue weighted by molar-refractivity contribution is -1.01. The Hall–Kier alpha value is -2.32. The van der Waals surface area contributed by atoms with E-state index < -0.39 is 6.10 Å². The number of amides is 2. The van der Waals surface area contributed by atoms with Crippen molar-refractivity contribution >= 4 is 22.6 Å². The number of hydrogen-bond acceptors (Lipinski definition) is 4. The van der Waals surface area contributed by atoms with Gasteiger partial charge in [0.2, 0.25) is 0 Å². The maximum absolute atomic E-state index is 13.2. The molecule has 1 aliphatic carbocycles. The van der Waals surface area contributed by atoms with E-state index in [1.807, 2.05) is 36.4 Å². The summed E-state index contributed by atoms with van der Waals surface area (Å²) in [5.74, 6) is 1.55. The van der Waals surface area contributed by atoms with Crippen molar-refractivity contribution in [3.05, 3.63) is 47.5 Å². The molecule has 0 aromatic heterocycles. The Balaban J connectivity index is 1.07. The second-order valence-corrected chi connectivity index (χ2v) is 12.3. The van der Waals surface area contributed by atoms with Crippen LogP contribution in [-0.4, -0.2) is 86.4 Å². The molecule has 2 aromatic rings. The normalized spacial score (nSPS) is 28.8. The molecule has 0 bridgehead atoms. The highest BCUT2D eigenvalue weighted by Crippen LogP contribution is 2.35. The lowest BCUT2D eigenvalue weighted by atomic mass is 9.75. The van der Waals surface area contributed by atoms with Gasteiger partial charge in [-0.05, 0) is 48.1 Å². The highest BCUT2D eigenvalue weighted by molar-refractivity contribution is 6.25. The third-order valence-corrected chi connectivity index (χ3v) is 9.20. The molecular weight excluding hydrogens is 478 g/mol. The molecule has 4 atom stereocenters. The number of carbonyl (C=O) groups excluding carboxylic acids is 2. The Labute approximate surface area is 226 Å². The zero-order valence-electron chi connectivity index (χ0n) is 23.2. The van der Waals surface area contributed by atoms with Crippen LogP contribution in [0.15, 0.2) is 36.4 Å². The summed E-state index contributed by atoms with van der Waals surface area (Å²) in [6, 6.07) is 11.3. The van der Waals surface area contributed by atoms with Crippen LogP contribution < -0.4 is 9.80 Å². The molecule has 0 spiro atoms. The average molecular weight is 524 g/mol. The molecule has 3 aliphatic rings. The molecule has 7 heteroatoms. The van der Waals surface area contributed by atoms with Crippen LogP contribution in [-0.2, 0) is 4.74 Å². The molecule has 1 saturated carbocycles. The minimum Gasteiger partial charge on any atom is -0.385 e. The summed E-state index contributed by atoms with van der Waals surface area (Å²) in [6.45, 7) is 13.1. The number of benzene rings is 2. The molecular formula is C31H45N3O4+2. The fourth-order valence-corrected chi connectivity index (χ4v) is 6.90. The maximum Gasteiger partial charge on any atom is 0.261 e. The van der Waals surface area contributed by atoms with Crippen LogP contribution >= 0.6 is 0 Å². The molecule has 2 aliphatic heterocycles. The van der Waals surface area contributed by atoms with Gasteiger partial charge in [0.1, 0.15) is 38.8 Å². The third kappa shape index (κ3) is 5.81. The van der Waals surface area contributed by atoms with Gasteiger partial charge in [-0.2, -0.15) is 0 Å². The molecule has 206 valence electrons. The predicted octanol–water partition coefficient (Wildman–Crippen LogP) is 1.06. The smallest absolute Gasteiger partial charge is 0.261 e. The van der Waals surface area contributed by atoms with Gasteiger partial charge < -0.3 is 19.6 Å². The Kier molecular flexibility index (Phi) is 8.48. The fourth-order valence-electron chi connectivity index (χ4n) is 6.90. The fraction of sp³-hybridized carbons (Fsp3) is 0.613. The monoisotopic (exact) mass is 523 g/mol. The number of aliphatic hydroxyl groups is 1.